The van der Waals surface area contributed by atoms with Crippen molar-refractivity contribution in [1.82, 2.24) is 9.97 Å². The van der Waals surface area contributed by atoms with Crippen molar-refractivity contribution in [2.75, 3.05) is 44.2 Å². The first-order valence-corrected chi connectivity index (χ1v) is 18.9. The highest BCUT2D eigenvalue weighted by Gasteiger charge is 2.42. The molecule has 0 fully saturated rings. The van der Waals surface area contributed by atoms with Gasteiger partial charge in [0, 0.05) is 35.6 Å². The van der Waals surface area contributed by atoms with E-state index in [9.17, 15) is 9.83 Å². The van der Waals surface area contributed by atoms with Crippen LogP contribution in [0.3, 0.4) is 0 Å². The maximum absolute atomic E-state index is 12.5. The molecule has 2 heterocycles. The number of anilines is 3. The van der Waals surface area contributed by atoms with Crippen molar-refractivity contribution in [3.63, 3.8) is 0 Å². The molecule has 0 radical (unpaired) electrons. The van der Waals surface area contributed by atoms with E-state index in [-0.39, 0.29) is 10.5 Å². The quantitative estimate of drug-likeness (QED) is 0.224. The van der Waals surface area contributed by atoms with Gasteiger partial charge in [0.2, 0.25) is 5.95 Å². The van der Waals surface area contributed by atoms with Crippen LogP contribution in [-0.4, -0.2) is 51.9 Å². The molecule has 40 heavy (non-hydrogen) atoms. The summed E-state index contributed by atoms with van der Waals surface area (Å²) in [6, 6.07) is 13.6. The number of nitrogens with zero attached hydrogens (tertiary/aromatic N) is 3. The summed E-state index contributed by atoms with van der Waals surface area (Å²) in [4.78, 5) is 9.17. The molecule has 2 N–H and O–H groups in total. The van der Waals surface area contributed by atoms with Gasteiger partial charge in [0.15, 0.2) is 8.32 Å². The Morgan fingerprint density at radius 2 is 1.93 bits per heavy atom. The molecule has 3 aromatic rings. The van der Waals surface area contributed by atoms with E-state index in [1.807, 2.05) is 24.3 Å². The van der Waals surface area contributed by atoms with E-state index in [0.29, 0.717) is 41.8 Å². The first kappa shape index (κ1) is 29.8. The van der Waals surface area contributed by atoms with Crippen molar-refractivity contribution in [3.8, 4) is 23.1 Å². The number of nitrogens with one attached hydrogen (secondary N) is 2. The van der Waals surface area contributed by atoms with Crippen LogP contribution in [0.15, 0.2) is 42.6 Å². The standard InChI is InChI=1S/C30H40N5O3PSi/c1-29(2,3)40(8,9)38-19-30(4)18-33-27-21(17-31)14-20(15-23(27)30)24-12-13-32-28(34-24)35-25-11-10-22(39(6,7)36)16-26(25)37-5/h10-16,33H,18-19H2,1-9H3,(H,32,34,35)/t30-/m1/s1. The van der Waals surface area contributed by atoms with E-state index in [1.165, 1.54) is 0 Å². The summed E-state index contributed by atoms with van der Waals surface area (Å²) in [5, 5.41) is 17.5. The minimum atomic E-state index is -2.43. The lowest BCUT2D eigenvalue weighted by Crippen LogP contribution is -2.45. The van der Waals surface area contributed by atoms with Crippen LogP contribution in [0.1, 0.15) is 38.8 Å². The lowest BCUT2D eigenvalue weighted by Gasteiger charge is -2.39. The molecular formula is C30H40N5O3PSi. The molecule has 0 unspecified atom stereocenters. The van der Waals surface area contributed by atoms with Crippen molar-refractivity contribution < 1.29 is 13.7 Å². The molecule has 0 spiro atoms. The van der Waals surface area contributed by atoms with Gasteiger partial charge in [-0.15, -0.1) is 0 Å². The third-order valence-electron chi connectivity index (χ3n) is 8.13. The van der Waals surface area contributed by atoms with Crippen LogP contribution in [-0.2, 0) is 14.4 Å². The molecule has 0 bridgehead atoms. The number of ether oxygens (including phenoxy) is 1. The van der Waals surface area contributed by atoms with Gasteiger partial charge >= 0.3 is 0 Å². The summed E-state index contributed by atoms with van der Waals surface area (Å²) >= 11 is 0. The van der Waals surface area contributed by atoms with E-state index < -0.39 is 15.5 Å². The second-order valence-electron chi connectivity index (χ2n) is 12.6. The summed E-state index contributed by atoms with van der Waals surface area (Å²) in [6.07, 6.45) is 1.69. The predicted molar refractivity (Wildman–Crippen MR) is 167 cm³/mol. The smallest absolute Gasteiger partial charge is 0.227 e. The Kier molecular flexibility index (Phi) is 7.94. The first-order valence-electron chi connectivity index (χ1n) is 13.4. The maximum atomic E-state index is 12.5. The zero-order valence-electron chi connectivity index (χ0n) is 25.0. The Balaban J connectivity index is 1.67. The van der Waals surface area contributed by atoms with E-state index in [0.717, 1.165) is 22.1 Å². The summed E-state index contributed by atoms with van der Waals surface area (Å²) in [5.74, 6) is 0.948. The Labute approximate surface area is 239 Å². The van der Waals surface area contributed by atoms with Crippen LogP contribution < -0.4 is 20.7 Å². The van der Waals surface area contributed by atoms with Crippen molar-refractivity contribution in [2.45, 2.75) is 51.2 Å². The number of fused-ring (bicyclic) bond motifs is 1. The van der Waals surface area contributed by atoms with Crippen LogP contribution in [0.2, 0.25) is 18.1 Å². The molecule has 0 saturated carbocycles. The Morgan fingerprint density at radius 3 is 2.55 bits per heavy atom. The van der Waals surface area contributed by atoms with Crippen LogP contribution in [0, 0.1) is 11.3 Å². The summed E-state index contributed by atoms with van der Waals surface area (Å²) < 4.78 is 24.7. The van der Waals surface area contributed by atoms with Crippen molar-refractivity contribution in [1.29, 1.82) is 5.26 Å². The van der Waals surface area contributed by atoms with Crippen molar-refractivity contribution >= 4 is 38.1 Å². The number of hydrogen-bond acceptors (Lipinski definition) is 8. The molecular weight excluding hydrogens is 537 g/mol. The minimum absolute atomic E-state index is 0.109. The Bertz CT molecular complexity index is 1520. The third kappa shape index (κ3) is 5.95. The highest BCUT2D eigenvalue weighted by Crippen LogP contribution is 2.44. The maximum Gasteiger partial charge on any atom is 0.227 e. The fourth-order valence-corrected chi connectivity index (χ4v) is 6.40. The van der Waals surface area contributed by atoms with Gasteiger partial charge < -0.3 is 24.4 Å². The molecule has 212 valence electrons. The lowest BCUT2D eigenvalue weighted by atomic mass is 9.83. The van der Waals surface area contributed by atoms with Gasteiger partial charge in [-0.3, -0.25) is 0 Å². The highest BCUT2D eigenvalue weighted by atomic mass is 31.2. The second-order valence-corrected chi connectivity index (χ2v) is 20.7. The van der Waals surface area contributed by atoms with Crippen molar-refractivity contribution in [3.05, 3.63) is 53.7 Å². The fraction of sp³-hybridized carbons (Fsp3) is 0.433. The van der Waals surface area contributed by atoms with Gasteiger partial charge in [-0.25, -0.2) is 9.97 Å². The lowest BCUT2D eigenvalue weighted by molar-refractivity contribution is 0.220. The highest BCUT2D eigenvalue weighted by molar-refractivity contribution is 7.70. The molecule has 2 aromatic carbocycles. The van der Waals surface area contributed by atoms with Gasteiger partial charge in [-0.2, -0.15) is 5.26 Å². The number of nitriles is 1. The van der Waals surface area contributed by atoms with Gasteiger partial charge in [0.25, 0.3) is 0 Å². The summed E-state index contributed by atoms with van der Waals surface area (Å²) in [7, 11) is -2.81. The third-order valence-corrected chi connectivity index (χ3v) is 14.1. The molecule has 4 rings (SSSR count). The number of benzene rings is 2. The first-order chi connectivity index (χ1) is 18.6. The minimum Gasteiger partial charge on any atom is -0.495 e. The zero-order chi connectivity index (χ0) is 29.5. The monoisotopic (exact) mass is 577 g/mol. The molecule has 10 heteroatoms. The fourth-order valence-electron chi connectivity index (χ4n) is 4.43. The van der Waals surface area contributed by atoms with E-state index in [1.54, 1.807) is 32.7 Å². The van der Waals surface area contributed by atoms with E-state index >= 15 is 0 Å². The average molecular weight is 578 g/mol. The normalized spacial score (nSPS) is 17.1. The summed E-state index contributed by atoms with van der Waals surface area (Å²) in [6.45, 7) is 18.2. The van der Waals surface area contributed by atoms with Crippen LogP contribution >= 0.6 is 7.14 Å². The van der Waals surface area contributed by atoms with Crippen LogP contribution in [0.25, 0.3) is 11.3 Å². The average Bonchev–Trinajstić information content (AvgIpc) is 3.23. The Morgan fingerprint density at radius 1 is 1.20 bits per heavy atom. The second kappa shape index (κ2) is 10.7. The molecule has 8 nitrogen and oxygen atoms in total. The van der Waals surface area contributed by atoms with Gasteiger partial charge in [0.05, 0.1) is 29.7 Å². The van der Waals surface area contributed by atoms with E-state index in [4.69, 9.17) is 14.1 Å². The molecule has 0 aliphatic carbocycles. The van der Waals surface area contributed by atoms with Gasteiger partial charge in [0.1, 0.15) is 19.0 Å². The van der Waals surface area contributed by atoms with Crippen LogP contribution in [0.5, 0.6) is 5.75 Å². The molecule has 1 aliphatic heterocycles. The van der Waals surface area contributed by atoms with Gasteiger partial charge in [-0.05, 0) is 73.4 Å². The van der Waals surface area contributed by atoms with Gasteiger partial charge in [-0.1, -0.05) is 27.7 Å². The predicted octanol–water partition coefficient (Wildman–Crippen LogP) is 6.72. The molecule has 1 atom stereocenters. The van der Waals surface area contributed by atoms with Crippen LogP contribution in [0.4, 0.5) is 17.3 Å². The molecule has 0 saturated heterocycles. The van der Waals surface area contributed by atoms with Crippen molar-refractivity contribution in [2.24, 2.45) is 0 Å². The topological polar surface area (TPSA) is 109 Å². The molecule has 0 amide bonds. The molecule has 1 aliphatic rings. The number of hydrogen-bond donors (Lipinski definition) is 2. The largest absolute Gasteiger partial charge is 0.495 e. The number of rotatable bonds is 8. The Hall–Kier alpha value is -3.18. The summed E-state index contributed by atoms with van der Waals surface area (Å²) in [5.41, 5.74) is 4.43. The molecule has 1 aromatic heterocycles. The zero-order valence-corrected chi connectivity index (χ0v) is 26.9. The number of aromatic nitrogens is 2. The SMILES string of the molecule is COc1cc(P(C)(C)=O)ccc1Nc1nccc(-c2cc(C#N)c3c(c2)[C@@](C)(CO[Si](C)(C)C(C)(C)C)CN3)n1. The van der Waals surface area contributed by atoms with E-state index in [2.05, 4.69) is 68.5 Å². The number of methoxy groups -OCH3 is 1.